The number of carbonyl (C=O) groups is 1. The molecule has 110 valence electrons. The lowest BCUT2D eigenvalue weighted by molar-refractivity contribution is -0.140. The van der Waals surface area contributed by atoms with E-state index in [0.29, 0.717) is 10.5 Å². The Balaban J connectivity index is 2.91. The highest BCUT2D eigenvalue weighted by atomic mass is 19.4. The van der Waals surface area contributed by atoms with Gasteiger partial charge in [0.1, 0.15) is 6.54 Å². The summed E-state index contributed by atoms with van der Waals surface area (Å²) in [5.74, 6) is -0.873. The van der Waals surface area contributed by atoms with E-state index < -0.39 is 18.6 Å². The van der Waals surface area contributed by atoms with Crippen LogP contribution in [0.5, 0.6) is 0 Å². The number of amidine groups is 1. The highest BCUT2D eigenvalue weighted by molar-refractivity contribution is 5.99. The maximum absolute atomic E-state index is 12.3. The standard InChI is InChI=1S/C12H14F3N3O2/c1-2-18(7-12(13,14)15)11(19)9-5-3-8(4-6-9)10(16)17-20/h3-6,20H,2,7H2,1H3,(H2,16,17). The van der Waals surface area contributed by atoms with Crippen molar-refractivity contribution in [3.05, 3.63) is 35.4 Å². The summed E-state index contributed by atoms with van der Waals surface area (Å²) in [6.45, 7) is 0.110. The van der Waals surface area contributed by atoms with Crippen molar-refractivity contribution in [2.24, 2.45) is 10.9 Å². The molecule has 0 unspecified atom stereocenters. The molecule has 0 aromatic heterocycles. The molecule has 5 nitrogen and oxygen atoms in total. The maximum atomic E-state index is 12.3. The van der Waals surface area contributed by atoms with Crippen molar-refractivity contribution in [1.29, 1.82) is 0 Å². The topological polar surface area (TPSA) is 78.9 Å². The van der Waals surface area contributed by atoms with Crippen LogP contribution in [0.4, 0.5) is 13.2 Å². The van der Waals surface area contributed by atoms with Crippen LogP contribution in [0, 0.1) is 0 Å². The molecule has 0 saturated heterocycles. The monoisotopic (exact) mass is 289 g/mol. The highest BCUT2D eigenvalue weighted by Crippen LogP contribution is 2.18. The summed E-state index contributed by atoms with van der Waals surface area (Å²) in [5, 5.41) is 11.3. The fourth-order valence-corrected chi connectivity index (χ4v) is 1.57. The number of nitrogens with zero attached hydrogens (tertiary/aromatic N) is 2. The number of halogens is 3. The molecule has 0 bridgehead atoms. The van der Waals surface area contributed by atoms with Crippen molar-refractivity contribution in [3.8, 4) is 0 Å². The maximum Gasteiger partial charge on any atom is 0.406 e. The van der Waals surface area contributed by atoms with Gasteiger partial charge in [-0.2, -0.15) is 13.2 Å². The summed E-state index contributed by atoms with van der Waals surface area (Å²) >= 11 is 0. The third-order valence-electron chi connectivity index (χ3n) is 2.57. The first-order chi connectivity index (χ1) is 9.28. The Morgan fingerprint density at radius 3 is 2.20 bits per heavy atom. The molecule has 0 fully saturated rings. The second kappa shape index (κ2) is 6.27. The van der Waals surface area contributed by atoms with E-state index in [4.69, 9.17) is 10.9 Å². The normalized spacial score (nSPS) is 12.3. The molecule has 1 aromatic carbocycles. The van der Waals surface area contributed by atoms with Gasteiger partial charge in [0.15, 0.2) is 5.84 Å². The molecular formula is C12H14F3N3O2. The fraction of sp³-hybridized carbons (Fsp3) is 0.333. The molecule has 3 N–H and O–H groups in total. The number of benzene rings is 1. The number of oxime groups is 1. The second-order valence-corrected chi connectivity index (χ2v) is 4.00. The lowest BCUT2D eigenvalue weighted by Gasteiger charge is -2.22. The number of nitrogens with two attached hydrogens (primary N) is 1. The largest absolute Gasteiger partial charge is 0.409 e. The van der Waals surface area contributed by atoms with Gasteiger partial charge in [0.25, 0.3) is 5.91 Å². The van der Waals surface area contributed by atoms with Crippen molar-refractivity contribution in [2.75, 3.05) is 13.1 Å². The minimum absolute atomic E-state index is 0.0552. The first-order valence-electron chi connectivity index (χ1n) is 5.72. The van der Waals surface area contributed by atoms with Gasteiger partial charge in [0.05, 0.1) is 0 Å². The molecule has 0 heterocycles. The summed E-state index contributed by atoms with van der Waals surface area (Å²) in [7, 11) is 0. The Hall–Kier alpha value is -2.25. The Bertz CT molecular complexity index is 498. The van der Waals surface area contributed by atoms with E-state index in [-0.39, 0.29) is 17.9 Å². The lowest BCUT2D eigenvalue weighted by Crippen LogP contribution is -2.38. The highest BCUT2D eigenvalue weighted by Gasteiger charge is 2.32. The van der Waals surface area contributed by atoms with Crippen molar-refractivity contribution in [2.45, 2.75) is 13.1 Å². The third kappa shape index (κ3) is 4.15. The predicted octanol–water partition coefficient (Wildman–Crippen LogP) is 1.81. The molecule has 0 aliphatic rings. The van der Waals surface area contributed by atoms with Crippen LogP contribution in [0.2, 0.25) is 0 Å². The van der Waals surface area contributed by atoms with E-state index in [2.05, 4.69) is 5.16 Å². The van der Waals surface area contributed by atoms with Gasteiger partial charge < -0.3 is 15.8 Å². The van der Waals surface area contributed by atoms with Gasteiger partial charge in [-0.3, -0.25) is 4.79 Å². The van der Waals surface area contributed by atoms with Gasteiger partial charge in [-0.1, -0.05) is 17.3 Å². The minimum Gasteiger partial charge on any atom is -0.409 e. The van der Waals surface area contributed by atoms with Crippen LogP contribution in [-0.4, -0.2) is 41.1 Å². The SMILES string of the molecule is CCN(CC(F)(F)F)C(=O)c1ccc(C(N)=NO)cc1. The zero-order chi connectivity index (χ0) is 15.3. The van der Waals surface area contributed by atoms with Crippen LogP contribution in [-0.2, 0) is 0 Å². The summed E-state index contributed by atoms with van der Waals surface area (Å²) in [6.07, 6.45) is -4.44. The van der Waals surface area contributed by atoms with Gasteiger partial charge in [-0.05, 0) is 19.1 Å². The van der Waals surface area contributed by atoms with Crippen molar-refractivity contribution >= 4 is 11.7 Å². The van der Waals surface area contributed by atoms with Crippen LogP contribution in [0.3, 0.4) is 0 Å². The van der Waals surface area contributed by atoms with Crippen molar-refractivity contribution in [1.82, 2.24) is 4.90 Å². The van der Waals surface area contributed by atoms with E-state index in [1.165, 1.54) is 31.2 Å². The quantitative estimate of drug-likeness (QED) is 0.384. The minimum atomic E-state index is -4.44. The summed E-state index contributed by atoms with van der Waals surface area (Å²) in [6, 6.07) is 5.44. The van der Waals surface area contributed by atoms with Gasteiger partial charge >= 0.3 is 6.18 Å². The average molecular weight is 289 g/mol. The lowest BCUT2D eigenvalue weighted by atomic mass is 10.1. The predicted molar refractivity (Wildman–Crippen MR) is 66.6 cm³/mol. The fourth-order valence-electron chi connectivity index (χ4n) is 1.57. The number of rotatable bonds is 4. The van der Waals surface area contributed by atoms with Gasteiger partial charge in [0, 0.05) is 17.7 Å². The number of hydrogen-bond donors (Lipinski definition) is 2. The number of amides is 1. The Kier molecular flexibility index (Phi) is 4.95. The molecule has 1 amide bonds. The Labute approximate surface area is 113 Å². The zero-order valence-electron chi connectivity index (χ0n) is 10.7. The first-order valence-corrected chi connectivity index (χ1v) is 5.72. The summed E-state index contributed by atoms with van der Waals surface area (Å²) < 4.78 is 37.0. The second-order valence-electron chi connectivity index (χ2n) is 4.00. The smallest absolute Gasteiger partial charge is 0.406 e. The van der Waals surface area contributed by atoms with Crippen molar-refractivity contribution < 1.29 is 23.2 Å². The van der Waals surface area contributed by atoms with E-state index in [1.807, 2.05) is 0 Å². The average Bonchev–Trinajstić information content (AvgIpc) is 2.42. The number of carbonyl (C=O) groups excluding carboxylic acids is 1. The molecule has 0 radical (unpaired) electrons. The summed E-state index contributed by atoms with van der Waals surface area (Å²) in [5.41, 5.74) is 5.81. The molecule has 20 heavy (non-hydrogen) atoms. The Morgan fingerprint density at radius 2 is 1.80 bits per heavy atom. The van der Waals surface area contributed by atoms with E-state index in [0.717, 1.165) is 0 Å². The third-order valence-corrected chi connectivity index (χ3v) is 2.57. The van der Waals surface area contributed by atoms with Crippen LogP contribution in [0.15, 0.2) is 29.4 Å². The first kappa shape index (κ1) is 15.8. The zero-order valence-corrected chi connectivity index (χ0v) is 10.7. The Morgan fingerprint density at radius 1 is 1.30 bits per heavy atom. The van der Waals surface area contributed by atoms with Gasteiger partial charge in [-0.15, -0.1) is 0 Å². The molecule has 0 atom stereocenters. The summed E-state index contributed by atoms with van der Waals surface area (Å²) in [4.78, 5) is 12.6. The molecule has 0 spiro atoms. The molecule has 0 aliphatic heterocycles. The van der Waals surface area contributed by atoms with Crippen LogP contribution < -0.4 is 5.73 Å². The molecule has 8 heteroatoms. The van der Waals surface area contributed by atoms with Gasteiger partial charge in [0.2, 0.25) is 0 Å². The molecule has 0 aliphatic carbocycles. The van der Waals surface area contributed by atoms with Gasteiger partial charge in [-0.25, -0.2) is 0 Å². The number of hydrogen-bond acceptors (Lipinski definition) is 3. The van der Waals surface area contributed by atoms with E-state index in [1.54, 1.807) is 0 Å². The van der Waals surface area contributed by atoms with Crippen LogP contribution in [0.1, 0.15) is 22.8 Å². The molecule has 0 saturated carbocycles. The van der Waals surface area contributed by atoms with Crippen LogP contribution in [0.25, 0.3) is 0 Å². The number of alkyl halides is 3. The molecule has 1 rings (SSSR count). The molecular weight excluding hydrogens is 275 g/mol. The van der Waals surface area contributed by atoms with Crippen molar-refractivity contribution in [3.63, 3.8) is 0 Å². The van der Waals surface area contributed by atoms with E-state index in [9.17, 15) is 18.0 Å². The van der Waals surface area contributed by atoms with Crippen LogP contribution >= 0.6 is 0 Å². The molecule has 1 aromatic rings. The van der Waals surface area contributed by atoms with E-state index >= 15 is 0 Å².